The highest BCUT2D eigenvalue weighted by Gasteiger charge is 2.43. The van der Waals surface area contributed by atoms with Crippen molar-refractivity contribution in [2.24, 2.45) is 0 Å². The fraction of sp³-hybridized carbons (Fsp3) is 0.875. The maximum Gasteiger partial charge on any atom is 0.153 e. The maximum atomic E-state index is 11.1. The number of carbonyl (C=O) groups excluding carboxylic acids is 1. The van der Waals surface area contributed by atoms with Gasteiger partial charge in [0.25, 0.3) is 0 Å². The van der Waals surface area contributed by atoms with Crippen LogP contribution in [0.15, 0.2) is 0 Å². The lowest BCUT2D eigenvalue weighted by Crippen LogP contribution is -2.38. The number of rotatable bonds is 3. The molecular formula is C8H14O4S. The molecular weight excluding hydrogens is 192 g/mol. The minimum absolute atomic E-state index is 0.0540. The van der Waals surface area contributed by atoms with Gasteiger partial charge in [-0.2, -0.15) is 0 Å². The minimum Gasteiger partial charge on any atom is -0.364 e. The lowest BCUT2D eigenvalue weighted by molar-refractivity contribution is -0.133. The van der Waals surface area contributed by atoms with Crippen molar-refractivity contribution in [1.29, 1.82) is 0 Å². The van der Waals surface area contributed by atoms with Gasteiger partial charge in [0.1, 0.15) is 5.60 Å². The Kier molecular flexibility index (Phi) is 2.77. The lowest BCUT2D eigenvalue weighted by atomic mass is 10.1. The molecule has 0 bridgehead atoms. The lowest BCUT2D eigenvalue weighted by Gasteiger charge is -2.23. The zero-order valence-corrected chi connectivity index (χ0v) is 8.63. The summed E-state index contributed by atoms with van der Waals surface area (Å²) in [4.78, 5) is 10.8. The average Bonchev–Trinajstić information content (AvgIpc) is 2.26. The molecule has 1 heterocycles. The first-order valence-corrected chi connectivity index (χ1v) is 6.06. The molecule has 0 radical (unpaired) electrons. The van der Waals surface area contributed by atoms with E-state index in [1.165, 1.54) is 0 Å². The second kappa shape index (κ2) is 3.38. The highest BCUT2D eigenvalue weighted by Crippen LogP contribution is 2.26. The van der Waals surface area contributed by atoms with E-state index in [1.807, 2.05) is 0 Å². The van der Waals surface area contributed by atoms with Gasteiger partial charge < -0.3 is 9.53 Å². The summed E-state index contributed by atoms with van der Waals surface area (Å²) in [5.74, 6) is -0.111. The fourth-order valence-electron chi connectivity index (χ4n) is 1.53. The van der Waals surface area contributed by atoms with E-state index in [4.69, 9.17) is 4.74 Å². The second-order valence-electron chi connectivity index (χ2n) is 3.69. The Balaban J connectivity index is 2.80. The van der Waals surface area contributed by atoms with Crippen molar-refractivity contribution in [2.45, 2.75) is 32.0 Å². The summed E-state index contributed by atoms with van der Waals surface area (Å²) in [6.45, 7) is 3.58. The Morgan fingerprint density at radius 2 is 2.08 bits per heavy atom. The zero-order chi connectivity index (χ0) is 10.1. The van der Waals surface area contributed by atoms with Gasteiger partial charge >= 0.3 is 0 Å². The highest BCUT2D eigenvalue weighted by atomic mass is 32.2. The smallest absolute Gasteiger partial charge is 0.153 e. The Morgan fingerprint density at radius 1 is 1.46 bits per heavy atom. The molecule has 1 fully saturated rings. The third kappa shape index (κ3) is 2.51. The molecule has 0 aliphatic carbocycles. The SMILES string of the molecule is CC(C)OC1(C=O)CCS(=O)(=O)C1. The first-order chi connectivity index (χ1) is 5.89. The van der Waals surface area contributed by atoms with Gasteiger partial charge in [0, 0.05) is 0 Å². The summed E-state index contributed by atoms with van der Waals surface area (Å²) in [5, 5.41) is 0. The van der Waals surface area contributed by atoms with Crippen molar-refractivity contribution in [1.82, 2.24) is 0 Å². The number of carbonyl (C=O) groups is 1. The molecule has 0 aromatic heterocycles. The molecule has 0 aromatic rings. The monoisotopic (exact) mass is 206 g/mol. The van der Waals surface area contributed by atoms with Crippen molar-refractivity contribution in [3.8, 4) is 0 Å². The number of ether oxygens (including phenoxy) is 1. The van der Waals surface area contributed by atoms with Gasteiger partial charge in [0.2, 0.25) is 0 Å². The molecule has 1 unspecified atom stereocenters. The van der Waals surface area contributed by atoms with Crippen LogP contribution in [0.2, 0.25) is 0 Å². The van der Waals surface area contributed by atoms with Crippen LogP contribution < -0.4 is 0 Å². The Morgan fingerprint density at radius 3 is 2.38 bits per heavy atom. The Bertz CT molecular complexity index is 293. The van der Waals surface area contributed by atoms with Gasteiger partial charge in [0.05, 0.1) is 17.6 Å². The number of sulfone groups is 1. The molecule has 76 valence electrons. The van der Waals surface area contributed by atoms with Crippen LogP contribution in [0.3, 0.4) is 0 Å². The first kappa shape index (κ1) is 10.7. The van der Waals surface area contributed by atoms with Crippen molar-refractivity contribution in [2.75, 3.05) is 11.5 Å². The summed E-state index contributed by atoms with van der Waals surface area (Å²) in [5.41, 5.74) is -1.08. The molecule has 1 aliphatic heterocycles. The van der Waals surface area contributed by atoms with Crippen LogP contribution in [0.1, 0.15) is 20.3 Å². The molecule has 1 rings (SSSR count). The molecule has 0 saturated carbocycles. The maximum absolute atomic E-state index is 11.1. The quantitative estimate of drug-likeness (QED) is 0.617. The van der Waals surface area contributed by atoms with Crippen LogP contribution in [0.4, 0.5) is 0 Å². The van der Waals surface area contributed by atoms with Crippen LogP contribution >= 0.6 is 0 Å². The van der Waals surface area contributed by atoms with Crippen LogP contribution in [0.25, 0.3) is 0 Å². The number of hydrogen-bond donors (Lipinski definition) is 0. The molecule has 13 heavy (non-hydrogen) atoms. The van der Waals surface area contributed by atoms with E-state index >= 15 is 0 Å². The Labute approximate surface area is 78.2 Å². The van der Waals surface area contributed by atoms with E-state index in [0.717, 1.165) is 0 Å². The highest BCUT2D eigenvalue weighted by molar-refractivity contribution is 7.91. The average molecular weight is 206 g/mol. The van der Waals surface area contributed by atoms with E-state index in [2.05, 4.69) is 0 Å². The van der Waals surface area contributed by atoms with E-state index in [0.29, 0.717) is 6.29 Å². The standard InChI is InChI=1S/C8H14O4S/c1-7(2)12-8(5-9)3-4-13(10,11)6-8/h5,7H,3-4,6H2,1-2H3. The Hall–Kier alpha value is -0.420. The second-order valence-corrected chi connectivity index (χ2v) is 5.88. The van der Waals surface area contributed by atoms with E-state index in [9.17, 15) is 13.2 Å². The number of hydrogen-bond acceptors (Lipinski definition) is 4. The van der Waals surface area contributed by atoms with Crippen molar-refractivity contribution in [3.05, 3.63) is 0 Å². The van der Waals surface area contributed by atoms with Crippen molar-refractivity contribution >= 4 is 16.1 Å². The fourth-order valence-corrected chi connectivity index (χ4v) is 3.35. The minimum atomic E-state index is -3.07. The van der Waals surface area contributed by atoms with Crippen LogP contribution in [-0.2, 0) is 19.4 Å². The number of aldehydes is 1. The molecule has 5 heteroatoms. The van der Waals surface area contributed by atoms with E-state index in [1.54, 1.807) is 13.8 Å². The van der Waals surface area contributed by atoms with Gasteiger partial charge in [-0.15, -0.1) is 0 Å². The molecule has 1 atom stereocenters. The summed E-state index contributed by atoms with van der Waals surface area (Å²) in [6.07, 6.45) is 0.785. The molecule has 0 spiro atoms. The summed E-state index contributed by atoms with van der Waals surface area (Å²) in [7, 11) is -3.07. The predicted octanol–water partition coefficient (Wildman–Crippen LogP) is 0.168. The molecule has 0 N–H and O–H groups in total. The van der Waals surface area contributed by atoms with Gasteiger partial charge in [-0.1, -0.05) is 0 Å². The third-order valence-electron chi connectivity index (χ3n) is 1.99. The first-order valence-electron chi connectivity index (χ1n) is 4.24. The largest absolute Gasteiger partial charge is 0.364 e. The predicted molar refractivity (Wildman–Crippen MR) is 48.3 cm³/mol. The van der Waals surface area contributed by atoms with Crippen LogP contribution in [-0.4, -0.2) is 37.9 Å². The van der Waals surface area contributed by atoms with Crippen molar-refractivity contribution < 1.29 is 17.9 Å². The van der Waals surface area contributed by atoms with Gasteiger partial charge in [-0.25, -0.2) is 8.42 Å². The van der Waals surface area contributed by atoms with Crippen LogP contribution in [0, 0.1) is 0 Å². The molecule has 1 saturated heterocycles. The van der Waals surface area contributed by atoms with Gasteiger partial charge in [0.15, 0.2) is 16.1 Å². The van der Waals surface area contributed by atoms with Gasteiger partial charge in [-0.05, 0) is 20.3 Å². The molecule has 4 nitrogen and oxygen atoms in total. The summed E-state index contributed by atoms with van der Waals surface area (Å²) in [6, 6.07) is 0. The molecule has 0 amide bonds. The third-order valence-corrected chi connectivity index (χ3v) is 3.74. The normalized spacial score (nSPS) is 32.2. The zero-order valence-electron chi connectivity index (χ0n) is 7.82. The summed E-state index contributed by atoms with van der Waals surface area (Å²) >= 11 is 0. The topological polar surface area (TPSA) is 60.4 Å². The van der Waals surface area contributed by atoms with Crippen LogP contribution in [0.5, 0.6) is 0 Å². The van der Waals surface area contributed by atoms with Gasteiger partial charge in [-0.3, -0.25) is 0 Å². The van der Waals surface area contributed by atoms with E-state index < -0.39 is 15.4 Å². The van der Waals surface area contributed by atoms with E-state index in [-0.39, 0.29) is 24.0 Å². The molecule has 1 aliphatic rings. The van der Waals surface area contributed by atoms with Crippen molar-refractivity contribution in [3.63, 3.8) is 0 Å². The summed E-state index contributed by atoms with van der Waals surface area (Å²) < 4.78 is 27.6. The molecule has 0 aromatic carbocycles.